The maximum Gasteiger partial charge on any atom is 0.410 e. The van der Waals surface area contributed by atoms with Gasteiger partial charge in [-0.1, -0.05) is 16.5 Å². The standard InChI is InChI=1S/C15H11FN4O3S/c1-8-10(3-5-12-19-7-13(24-12)22-15(17)21)14(20-23-8)11-4-2-9(16)6-18-11/h2-7H,1H3,(H2,17,21)/b5-3+. The number of amides is 1. The number of carbonyl (C=O) groups is 1. The summed E-state index contributed by atoms with van der Waals surface area (Å²) in [6.45, 7) is 1.75. The van der Waals surface area contributed by atoms with Gasteiger partial charge in [0, 0.05) is 5.56 Å². The van der Waals surface area contributed by atoms with E-state index in [-0.39, 0.29) is 0 Å². The summed E-state index contributed by atoms with van der Waals surface area (Å²) in [5.74, 6) is 0.151. The zero-order chi connectivity index (χ0) is 17.1. The highest BCUT2D eigenvalue weighted by atomic mass is 32.1. The molecule has 0 fully saturated rings. The average Bonchev–Trinajstić information content (AvgIpc) is 3.12. The average molecular weight is 346 g/mol. The highest BCUT2D eigenvalue weighted by molar-refractivity contribution is 7.14. The molecule has 0 aliphatic heterocycles. The van der Waals surface area contributed by atoms with Gasteiger partial charge in [-0.3, -0.25) is 4.98 Å². The van der Waals surface area contributed by atoms with Crippen LogP contribution in [0.2, 0.25) is 0 Å². The number of primary amides is 1. The van der Waals surface area contributed by atoms with E-state index in [0.717, 1.165) is 17.5 Å². The predicted octanol–water partition coefficient (Wildman–Crippen LogP) is 3.27. The largest absolute Gasteiger partial charge is 0.410 e. The molecule has 2 N–H and O–H groups in total. The predicted molar refractivity (Wildman–Crippen MR) is 85.7 cm³/mol. The highest BCUT2D eigenvalue weighted by Crippen LogP contribution is 2.27. The second-order valence-electron chi connectivity index (χ2n) is 4.63. The van der Waals surface area contributed by atoms with Crippen molar-refractivity contribution in [1.82, 2.24) is 15.1 Å². The number of nitrogens with two attached hydrogens (primary N) is 1. The summed E-state index contributed by atoms with van der Waals surface area (Å²) in [5.41, 5.74) is 6.63. The van der Waals surface area contributed by atoms with Crippen LogP contribution in [-0.4, -0.2) is 21.2 Å². The summed E-state index contributed by atoms with van der Waals surface area (Å²) >= 11 is 1.16. The van der Waals surface area contributed by atoms with Crippen molar-refractivity contribution in [2.75, 3.05) is 0 Å². The second-order valence-corrected chi connectivity index (χ2v) is 5.66. The molecular formula is C15H11FN4O3S. The van der Waals surface area contributed by atoms with E-state index in [1.807, 2.05) is 0 Å². The third-order valence-corrected chi connectivity index (χ3v) is 3.81. The Bertz CT molecular complexity index is 902. The van der Waals surface area contributed by atoms with E-state index in [9.17, 15) is 9.18 Å². The minimum absolute atomic E-state index is 0.296. The van der Waals surface area contributed by atoms with Crippen LogP contribution in [0.25, 0.3) is 23.5 Å². The van der Waals surface area contributed by atoms with Gasteiger partial charge in [0.25, 0.3) is 0 Å². The number of thiazole rings is 1. The summed E-state index contributed by atoms with van der Waals surface area (Å²) < 4.78 is 22.9. The third kappa shape index (κ3) is 3.46. The molecule has 9 heteroatoms. The lowest BCUT2D eigenvalue weighted by atomic mass is 10.1. The van der Waals surface area contributed by atoms with Gasteiger partial charge in [-0.2, -0.15) is 0 Å². The Labute approximate surface area is 139 Å². The van der Waals surface area contributed by atoms with Gasteiger partial charge in [0.05, 0.1) is 18.1 Å². The Morgan fingerprint density at radius 2 is 2.17 bits per heavy atom. The minimum Gasteiger partial charge on any atom is -0.398 e. The van der Waals surface area contributed by atoms with Crippen LogP contribution in [0.1, 0.15) is 16.3 Å². The minimum atomic E-state index is -0.895. The van der Waals surface area contributed by atoms with E-state index in [1.54, 1.807) is 19.1 Å². The number of ether oxygens (including phenoxy) is 1. The summed E-state index contributed by atoms with van der Waals surface area (Å²) in [5, 5.41) is 4.86. The van der Waals surface area contributed by atoms with E-state index in [2.05, 4.69) is 15.1 Å². The highest BCUT2D eigenvalue weighted by Gasteiger charge is 2.14. The Balaban J connectivity index is 1.87. The molecule has 1 amide bonds. The molecule has 7 nitrogen and oxygen atoms in total. The number of aromatic nitrogens is 3. The molecule has 3 rings (SSSR count). The van der Waals surface area contributed by atoms with Gasteiger partial charge in [0.2, 0.25) is 5.06 Å². The molecule has 0 aliphatic rings. The molecule has 24 heavy (non-hydrogen) atoms. The first-order valence-electron chi connectivity index (χ1n) is 6.72. The van der Waals surface area contributed by atoms with Crippen LogP contribution >= 0.6 is 11.3 Å². The lowest BCUT2D eigenvalue weighted by molar-refractivity contribution is 0.212. The molecule has 0 spiro atoms. The van der Waals surface area contributed by atoms with Gasteiger partial charge in [0.1, 0.15) is 22.3 Å². The maximum absolute atomic E-state index is 13.0. The number of hydrogen-bond donors (Lipinski definition) is 1. The lowest BCUT2D eigenvalue weighted by Gasteiger charge is -1.97. The van der Waals surface area contributed by atoms with Crippen LogP contribution in [0.15, 0.2) is 29.0 Å². The number of carbonyl (C=O) groups excluding carboxylic acids is 1. The topological polar surface area (TPSA) is 104 Å². The SMILES string of the molecule is Cc1onc(-c2ccc(F)cn2)c1/C=C/c1ncc(OC(N)=O)s1. The van der Waals surface area contributed by atoms with Crippen LogP contribution in [0.5, 0.6) is 5.06 Å². The van der Waals surface area contributed by atoms with Gasteiger partial charge in [-0.25, -0.2) is 14.2 Å². The van der Waals surface area contributed by atoms with E-state index < -0.39 is 11.9 Å². The Kier molecular flexibility index (Phi) is 4.34. The molecule has 0 bridgehead atoms. The zero-order valence-corrected chi connectivity index (χ0v) is 13.2. The van der Waals surface area contributed by atoms with Crippen molar-refractivity contribution in [1.29, 1.82) is 0 Å². The maximum atomic E-state index is 13.0. The van der Waals surface area contributed by atoms with Gasteiger partial charge in [-0.05, 0) is 31.2 Å². The van der Waals surface area contributed by atoms with Crippen molar-refractivity contribution < 1.29 is 18.4 Å². The lowest BCUT2D eigenvalue weighted by Crippen LogP contribution is -2.15. The van der Waals surface area contributed by atoms with Crippen LogP contribution < -0.4 is 10.5 Å². The van der Waals surface area contributed by atoms with E-state index in [1.165, 1.54) is 18.3 Å². The number of aryl methyl sites for hydroxylation is 1. The molecule has 3 aromatic heterocycles. The first-order chi connectivity index (χ1) is 11.5. The fraction of sp³-hybridized carbons (Fsp3) is 0.0667. The number of hydrogen-bond acceptors (Lipinski definition) is 7. The molecule has 0 radical (unpaired) electrons. The zero-order valence-electron chi connectivity index (χ0n) is 12.4. The molecule has 0 aromatic carbocycles. The van der Waals surface area contributed by atoms with Gasteiger partial charge < -0.3 is 15.0 Å². The molecule has 0 atom stereocenters. The van der Waals surface area contributed by atoms with Crippen LogP contribution in [-0.2, 0) is 0 Å². The Morgan fingerprint density at radius 3 is 2.88 bits per heavy atom. The van der Waals surface area contributed by atoms with Gasteiger partial charge in [0.15, 0.2) is 0 Å². The molecule has 0 unspecified atom stereocenters. The number of pyridine rings is 1. The summed E-state index contributed by atoms with van der Waals surface area (Å²) in [4.78, 5) is 18.8. The summed E-state index contributed by atoms with van der Waals surface area (Å²) in [6, 6.07) is 2.82. The van der Waals surface area contributed by atoms with Crippen molar-refractivity contribution in [3.63, 3.8) is 0 Å². The molecule has 122 valence electrons. The third-order valence-electron chi connectivity index (χ3n) is 2.97. The molecule has 3 aromatic rings. The van der Waals surface area contributed by atoms with Gasteiger partial charge >= 0.3 is 6.09 Å². The van der Waals surface area contributed by atoms with Gasteiger partial charge in [-0.15, -0.1) is 0 Å². The van der Waals surface area contributed by atoms with Crippen molar-refractivity contribution in [2.45, 2.75) is 6.92 Å². The quantitative estimate of drug-likeness (QED) is 0.777. The normalized spacial score (nSPS) is 11.1. The van der Waals surface area contributed by atoms with Crippen molar-refractivity contribution in [2.24, 2.45) is 5.73 Å². The van der Waals surface area contributed by atoms with E-state index in [4.69, 9.17) is 15.0 Å². The number of nitrogens with zero attached hydrogens (tertiary/aromatic N) is 3. The molecule has 3 heterocycles. The Morgan fingerprint density at radius 1 is 1.33 bits per heavy atom. The summed E-state index contributed by atoms with van der Waals surface area (Å²) in [7, 11) is 0. The van der Waals surface area contributed by atoms with E-state index >= 15 is 0 Å². The van der Waals surface area contributed by atoms with Crippen molar-refractivity contribution in [3.05, 3.63) is 46.7 Å². The van der Waals surface area contributed by atoms with Crippen molar-refractivity contribution >= 4 is 29.6 Å². The van der Waals surface area contributed by atoms with Crippen LogP contribution in [0.3, 0.4) is 0 Å². The molecular weight excluding hydrogens is 335 g/mol. The smallest absolute Gasteiger partial charge is 0.398 e. The van der Waals surface area contributed by atoms with Crippen LogP contribution in [0, 0.1) is 12.7 Å². The molecule has 0 saturated heterocycles. The first kappa shape index (κ1) is 15.8. The van der Waals surface area contributed by atoms with E-state index in [0.29, 0.717) is 32.8 Å². The first-order valence-corrected chi connectivity index (χ1v) is 7.54. The fourth-order valence-corrected chi connectivity index (χ4v) is 2.60. The molecule has 0 saturated carbocycles. The van der Waals surface area contributed by atoms with Crippen molar-refractivity contribution in [3.8, 4) is 16.5 Å². The number of rotatable bonds is 4. The second kappa shape index (κ2) is 6.59. The Hall–Kier alpha value is -3.07. The molecule has 0 aliphatic carbocycles. The summed E-state index contributed by atoms with van der Waals surface area (Å²) in [6.07, 6.45) is 5.08. The van der Waals surface area contributed by atoms with Crippen LogP contribution in [0.4, 0.5) is 9.18 Å². The fourth-order valence-electron chi connectivity index (χ4n) is 1.93. The number of halogens is 1. The monoisotopic (exact) mass is 346 g/mol.